The van der Waals surface area contributed by atoms with Gasteiger partial charge in [0.05, 0.1) is 18.3 Å². The van der Waals surface area contributed by atoms with Gasteiger partial charge in [0.1, 0.15) is 12.4 Å². The monoisotopic (exact) mass is 423 g/mol. The fourth-order valence-electron chi connectivity index (χ4n) is 4.13. The third-order valence-corrected chi connectivity index (χ3v) is 6.03. The first-order valence-corrected chi connectivity index (χ1v) is 10.9. The molecular formula is C24H29N3O4. The van der Waals surface area contributed by atoms with Gasteiger partial charge in [0, 0.05) is 30.9 Å². The zero-order chi connectivity index (χ0) is 21.8. The molecule has 1 aromatic heterocycles. The lowest BCUT2D eigenvalue weighted by atomic mass is 9.99. The normalized spacial score (nSPS) is 20.9. The minimum atomic E-state index is -0.380. The Hall–Kier alpha value is -3.22. The number of furan rings is 1. The van der Waals surface area contributed by atoms with Crippen molar-refractivity contribution in [3.05, 3.63) is 66.1 Å². The zero-order valence-electron chi connectivity index (χ0n) is 17.9. The number of hydrogen-bond donors (Lipinski definition) is 1. The molecule has 1 saturated heterocycles. The number of amides is 2. The molecule has 1 fully saturated rings. The Bertz CT molecular complexity index is 936. The zero-order valence-corrected chi connectivity index (χ0v) is 17.9. The molecule has 0 bridgehead atoms. The predicted octanol–water partition coefficient (Wildman–Crippen LogP) is 4.76. The summed E-state index contributed by atoms with van der Waals surface area (Å²) in [5.41, 5.74) is 2.41. The molecule has 2 aliphatic heterocycles. The average Bonchev–Trinajstić information content (AvgIpc) is 3.28. The van der Waals surface area contributed by atoms with Crippen molar-refractivity contribution >= 4 is 17.7 Å². The Labute approximate surface area is 182 Å². The number of rotatable bonds is 4. The second-order valence-electron chi connectivity index (χ2n) is 8.04. The first-order valence-electron chi connectivity index (χ1n) is 10.9. The maximum Gasteiger partial charge on any atom is 0.410 e. The molecule has 7 nitrogen and oxygen atoms in total. The molecule has 2 aromatic rings. The molecule has 2 aliphatic rings. The van der Waals surface area contributed by atoms with E-state index in [1.165, 1.54) is 0 Å². The molecule has 3 heterocycles. The number of nitrogens with zero attached hydrogens (tertiary/aromatic N) is 2. The van der Waals surface area contributed by atoms with E-state index in [0.29, 0.717) is 12.1 Å². The van der Waals surface area contributed by atoms with Gasteiger partial charge in [-0.2, -0.15) is 0 Å². The van der Waals surface area contributed by atoms with Gasteiger partial charge >= 0.3 is 6.09 Å². The molecule has 4 rings (SSSR count). The maximum atomic E-state index is 12.8. The highest BCUT2D eigenvalue weighted by Gasteiger charge is 2.30. The number of carbonyl (C=O) groups is 2. The van der Waals surface area contributed by atoms with Crippen molar-refractivity contribution in [2.75, 3.05) is 31.6 Å². The number of carbonyl (C=O) groups excluding carboxylic acids is 2. The van der Waals surface area contributed by atoms with Gasteiger partial charge in [-0.15, -0.1) is 0 Å². The van der Waals surface area contributed by atoms with Gasteiger partial charge in [-0.1, -0.05) is 12.7 Å². The number of nitrogens with one attached hydrogen (secondary N) is 1. The third-order valence-electron chi connectivity index (χ3n) is 6.03. The van der Waals surface area contributed by atoms with E-state index < -0.39 is 0 Å². The summed E-state index contributed by atoms with van der Waals surface area (Å²) in [5, 5.41) is 3.58. The van der Waals surface area contributed by atoms with Gasteiger partial charge in [-0.3, -0.25) is 4.79 Å². The molecule has 1 N–H and O–H groups in total. The SMILES string of the molecule is C=CCOC(=O)N1CCCC(c2ccco2)Nc2ccc(C(=O)N3CCC3)cc2C1C. The molecular weight excluding hydrogens is 394 g/mol. The Morgan fingerprint density at radius 2 is 2.10 bits per heavy atom. The first kappa shape index (κ1) is 21.0. The van der Waals surface area contributed by atoms with E-state index in [-0.39, 0.29) is 30.7 Å². The van der Waals surface area contributed by atoms with E-state index >= 15 is 0 Å². The predicted molar refractivity (Wildman–Crippen MR) is 118 cm³/mol. The van der Waals surface area contributed by atoms with Gasteiger partial charge in [-0.25, -0.2) is 4.79 Å². The Morgan fingerprint density at radius 1 is 1.26 bits per heavy atom. The van der Waals surface area contributed by atoms with E-state index in [1.807, 2.05) is 42.2 Å². The molecule has 2 amide bonds. The molecule has 2 unspecified atom stereocenters. The van der Waals surface area contributed by atoms with Crippen LogP contribution in [0.25, 0.3) is 0 Å². The van der Waals surface area contributed by atoms with Crippen molar-refractivity contribution in [2.45, 2.75) is 38.3 Å². The van der Waals surface area contributed by atoms with Gasteiger partial charge in [0.25, 0.3) is 5.91 Å². The summed E-state index contributed by atoms with van der Waals surface area (Å²) < 4.78 is 11.0. The molecule has 0 radical (unpaired) electrons. The molecule has 164 valence electrons. The molecule has 0 spiro atoms. The summed E-state index contributed by atoms with van der Waals surface area (Å²) in [5.74, 6) is 0.881. The summed E-state index contributed by atoms with van der Waals surface area (Å²) in [6.45, 7) is 7.89. The molecule has 0 saturated carbocycles. The summed E-state index contributed by atoms with van der Waals surface area (Å²) in [6, 6.07) is 9.24. The number of ether oxygens (including phenoxy) is 1. The fourth-order valence-corrected chi connectivity index (χ4v) is 4.13. The summed E-state index contributed by atoms with van der Waals surface area (Å²) >= 11 is 0. The van der Waals surface area contributed by atoms with Crippen LogP contribution in [0.5, 0.6) is 0 Å². The van der Waals surface area contributed by atoms with Crippen molar-refractivity contribution in [2.24, 2.45) is 0 Å². The molecule has 0 aliphatic carbocycles. The van der Waals surface area contributed by atoms with Gasteiger partial charge < -0.3 is 24.3 Å². The molecule has 2 atom stereocenters. The Morgan fingerprint density at radius 3 is 2.77 bits per heavy atom. The quantitative estimate of drug-likeness (QED) is 0.718. The number of anilines is 1. The van der Waals surface area contributed by atoms with Gasteiger partial charge in [0.15, 0.2) is 0 Å². The van der Waals surface area contributed by atoms with E-state index in [9.17, 15) is 9.59 Å². The topological polar surface area (TPSA) is 75.0 Å². The standard InChI is InChI=1S/C24H29N3O4/c1-3-14-31-24(29)27-13-4-7-21(22-8-5-15-30-22)25-20-10-9-18(16-19(20)17(27)2)23(28)26-11-6-12-26/h3,5,8-10,15-17,21,25H,1,4,6-7,11-14H2,2H3. The highest BCUT2D eigenvalue weighted by Crippen LogP contribution is 2.35. The fraction of sp³-hybridized carbons (Fsp3) is 0.417. The number of likely N-dealkylation sites (tertiary alicyclic amines) is 1. The lowest BCUT2D eigenvalue weighted by molar-refractivity contribution is 0.0651. The Balaban J connectivity index is 1.69. The van der Waals surface area contributed by atoms with Crippen LogP contribution in [0.15, 0.2) is 53.7 Å². The lowest BCUT2D eigenvalue weighted by Gasteiger charge is -2.32. The van der Waals surface area contributed by atoms with Crippen molar-refractivity contribution in [1.29, 1.82) is 0 Å². The summed E-state index contributed by atoms with van der Waals surface area (Å²) in [4.78, 5) is 29.2. The van der Waals surface area contributed by atoms with Crippen LogP contribution in [0.3, 0.4) is 0 Å². The van der Waals surface area contributed by atoms with Crippen molar-refractivity contribution < 1.29 is 18.7 Å². The molecule has 7 heteroatoms. The Kier molecular flexibility index (Phi) is 6.30. The van der Waals surface area contributed by atoms with Crippen LogP contribution in [0.1, 0.15) is 60.0 Å². The van der Waals surface area contributed by atoms with Crippen LogP contribution < -0.4 is 5.32 Å². The molecule has 1 aromatic carbocycles. The number of hydrogen-bond acceptors (Lipinski definition) is 5. The van der Waals surface area contributed by atoms with Crippen molar-refractivity contribution in [3.63, 3.8) is 0 Å². The smallest absolute Gasteiger partial charge is 0.410 e. The van der Waals surface area contributed by atoms with Crippen LogP contribution in [0.4, 0.5) is 10.5 Å². The average molecular weight is 424 g/mol. The van der Waals surface area contributed by atoms with E-state index in [2.05, 4.69) is 11.9 Å². The van der Waals surface area contributed by atoms with Crippen LogP contribution in [0, 0.1) is 0 Å². The van der Waals surface area contributed by atoms with Gasteiger partial charge in [-0.05, 0) is 62.1 Å². The first-order chi connectivity index (χ1) is 15.1. The van der Waals surface area contributed by atoms with E-state index in [0.717, 1.165) is 49.4 Å². The highest BCUT2D eigenvalue weighted by atomic mass is 16.6. The van der Waals surface area contributed by atoms with Crippen LogP contribution in [0.2, 0.25) is 0 Å². The highest BCUT2D eigenvalue weighted by molar-refractivity contribution is 5.95. The van der Waals surface area contributed by atoms with Crippen LogP contribution in [-0.2, 0) is 4.74 Å². The second-order valence-corrected chi connectivity index (χ2v) is 8.04. The number of benzene rings is 1. The van der Waals surface area contributed by atoms with E-state index in [4.69, 9.17) is 9.15 Å². The van der Waals surface area contributed by atoms with Crippen molar-refractivity contribution in [1.82, 2.24) is 9.80 Å². The number of fused-ring (bicyclic) bond motifs is 1. The minimum absolute atomic E-state index is 0.0259. The van der Waals surface area contributed by atoms with Crippen LogP contribution >= 0.6 is 0 Å². The third kappa shape index (κ3) is 4.45. The second kappa shape index (κ2) is 9.29. The summed E-state index contributed by atoms with van der Waals surface area (Å²) in [6.07, 6.45) is 5.46. The summed E-state index contributed by atoms with van der Waals surface area (Å²) in [7, 11) is 0. The lowest BCUT2D eigenvalue weighted by Crippen LogP contribution is -2.42. The maximum absolute atomic E-state index is 12.8. The van der Waals surface area contributed by atoms with Gasteiger partial charge in [0.2, 0.25) is 0 Å². The van der Waals surface area contributed by atoms with Crippen LogP contribution in [-0.4, -0.2) is 48.0 Å². The van der Waals surface area contributed by atoms with E-state index in [1.54, 1.807) is 17.2 Å². The molecule has 31 heavy (non-hydrogen) atoms. The largest absolute Gasteiger partial charge is 0.467 e. The van der Waals surface area contributed by atoms with Crippen molar-refractivity contribution in [3.8, 4) is 0 Å². The minimum Gasteiger partial charge on any atom is -0.467 e.